The number of imide groups is 1. The Morgan fingerprint density at radius 1 is 1.06 bits per heavy atom. The van der Waals surface area contributed by atoms with Gasteiger partial charge < -0.3 is 5.32 Å². The van der Waals surface area contributed by atoms with E-state index in [9.17, 15) is 14.4 Å². The van der Waals surface area contributed by atoms with Crippen molar-refractivity contribution >= 4 is 29.1 Å². The Morgan fingerprint density at radius 3 is 2.62 bits per heavy atom. The Morgan fingerprint density at radius 2 is 1.88 bits per heavy atom. The number of anilines is 2. The average Bonchev–Trinajstić information content (AvgIpc) is 3.48. The van der Waals surface area contributed by atoms with Crippen molar-refractivity contribution < 1.29 is 14.4 Å². The zero-order valence-corrected chi connectivity index (χ0v) is 18.6. The summed E-state index contributed by atoms with van der Waals surface area (Å²) in [4.78, 5) is 45.1. The molecule has 4 aliphatic heterocycles. The minimum absolute atomic E-state index is 0.0880. The molecule has 0 unspecified atom stereocenters. The number of benzene rings is 2. The number of fused-ring (bicyclic) bond motifs is 7. The highest BCUT2D eigenvalue weighted by Gasteiger charge is 2.74. The molecular formula is C26H27N3O3. The monoisotopic (exact) mass is 429 g/mol. The molecule has 4 atom stereocenters. The van der Waals surface area contributed by atoms with Crippen molar-refractivity contribution in [3.05, 3.63) is 58.7 Å². The van der Waals surface area contributed by atoms with E-state index in [1.165, 1.54) is 4.90 Å². The van der Waals surface area contributed by atoms with E-state index in [4.69, 9.17) is 0 Å². The van der Waals surface area contributed by atoms with Crippen LogP contribution in [-0.4, -0.2) is 35.2 Å². The third-order valence-electron chi connectivity index (χ3n) is 8.24. The van der Waals surface area contributed by atoms with Gasteiger partial charge in [-0.05, 0) is 68.5 Å². The molecule has 32 heavy (non-hydrogen) atoms. The molecule has 0 bridgehead atoms. The number of carbonyl (C=O) groups excluding carboxylic acids is 3. The van der Waals surface area contributed by atoms with Gasteiger partial charge >= 0.3 is 0 Å². The van der Waals surface area contributed by atoms with E-state index in [-0.39, 0.29) is 23.8 Å². The molecule has 1 spiro atoms. The van der Waals surface area contributed by atoms with Crippen LogP contribution in [-0.2, 0) is 26.3 Å². The number of amides is 3. The lowest BCUT2D eigenvalue weighted by molar-refractivity contribution is -0.135. The fourth-order valence-electron chi connectivity index (χ4n) is 6.70. The molecule has 6 heteroatoms. The fourth-order valence-corrected chi connectivity index (χ4v) is 6.70. The topological polar surface area (TPSA) is 69.7 Å². The van der Waals surface area contributed by atoms with Crippen LogP contribution in [0.5, 0.6) is 0 Å². The lowest BCUT2D eigenvalue weighted by Crippen LogP contribution is -2.54. The van der Waals surface area contributed by atoms with Crippen LogP contribution < -0.4 is 10.2 Å². The minimum atomic E-state index is -1.10. The number of para-hydroxylation sites is 1. The van der Waals surface area contributed by atoms with Gasteiger partial charge in [0, 0.05) is 17.3 Å². The van der Waals surface area contributed by atoms with Crippen LogP contribution in [0.2, 0.25) is 0 Å². The molecule has 2 aromatic carbocycles. The molecule has 0 aromatic heterocycles. The molecule has 0 aliphatic carbocycles. The minimum Gasteiger partial charge on any atom is -0.324 e. The summed E-state index contributed by atoms with van der Waals surface area (Å²) in [7, 11) is 0. The van der Waals surface area contributed by atoms with Crippen LogP contribution in [0.1, 0.15) is 42.0 Å². The molecule has 164 valence electrons. The zero-order chi connectivity index (χ0) is 22.4. The van der Waals surface area contributed by atoms with Crippen LogP contribution in [0.3, 0.4) is 0 Å². The molecular weight excluding hydrogens is 402 g/mol. The Kier molecular flexibility index (Phi) is 4.01. The molecule has 2 aromatic rings. The van der Waals surface area contributed by atoms with Crippen LogP contribution >= 0.6 is 0 Å². The molecule has 3 fully saturated rings. The van der Waals surface area contributed by atoms with Crippen molar-refractivity contribution in [2.24, 2.45) is 11.8 Å². The van der Waals surface area contributed by atoms with Gasteiger partial charge in [-0.15, -0.1) is 0 Å². The Bertz CT molecular complexity index is 1200. The van der Waals surface area contributed by atoms with Gasteiger partial charge in [-0.25, -0.2) is 4.90 Å². The van der Waals surface area contributed by atoms with E-state index < -0.39 is 17.4 Å². The predicted molar refractivity (Wildman–Crippen MR) is 121 cm³/mol. The van der Waals surface area contributed by atoms with Gasteiger partial charge in [0.05, 0.1) is 17.5 Å². The fraction of sp³-hybridized carbons (Fsp3) is 0.423. The smallest absolute Gasteiger partial charge is 0.250 e. The quantitative estimate of drug-likeness (QED) is 0.744. The molecule has 3 amide bonds. The third kappa shape index (κ3) is 2.16. The van der Waals surface area contributed by atoms with Crippen LogP contribution in [0.25, 0.3) is 0 Å². The second-order valence-electron chi connectivity index (χ2n) is 9.60. The molecule has 3 saturated heterocycles. The molecule has 0 radical (unpaired) electrons. The van der Waals surface area contributed by atoms with Crippen molar-refractivity contribution in [3.63, 3.8) is 0 Å². The van der Waals surface area contributed by atoms with E-state index in [1.807, 2.05) is 50.2 Å². The number of aryl methyl sites for hydroxylation is 3. The van der Waals surface area contributed by atoms with Crippen molar-refractivity contribution in [3.8, 4) is 0 Å². The second-order valence-corrected chi connectivity index (χ2v) is 9.60. The summed E-state index contributed by atoms with van der Waals surface area (Å²) >= 11 is 0. The maximum atomic E-state index is 14.0. The molecule has 1 N–H and O–H groups in total. The summed E-state index contributed by atoms with van der Waals surface area (Å²) in [5.74, 6) is -1.76. The van der Waals surface area contributed by atoms with E-state index >= 15 is 0 Å². The molecule has 6 nitrogen and oxygen atoms in total. The first kappa shape index (κ1) is 19.7. The van der Waals surface area contributed by atoms with Gasteiger partial charge in [0.25, 0.3) is 0 Å². The predicted octanol–water partition coefficient (Wildman–Crippen LogP) is 3.30. The van der Waals surface area contributed by atoms with Crippen molar-refractivity contribution in [1.82, 2.24) is 4.90 Å². The van der Waals surface area contributed by atoms with Gasteiger partial charge in [-0.2, -0.15) is 0 Å². The second kappa shape index (κ2) is 6.51. The number of carbonyl (C=O) groups is 3. The van der Waals surface area contributed by atoms with Crippen molar-refractivity contribution in [2.75, 3.05) is 16.8 Å². The number of rotatable bonds is 2. The highest BCUT2D eigenvalue weighted by atomic mass is 16.2. The van der Waals surface area contributed by atoms with E-state index in [0.29, 0.717) is 5.69 Å². The third-order valence-corrected chi connectivity index (χ3v) is 8.24. The van der Waals surface area contributed by atoms with Crippen LogP contribution in [0, 0.1) is 25.7 Å². The highest BCUT2D eigenvalue weighted by Crippen LogP contribution is 2.61. The lowest BCUT2D eigenvalue weighted by Gasteiger charge is -2.36. The number of nitrogens with one attached hydrogen (secondary N) is 1. The van der Waals surface area contributed by atoms with E-state index in [1.54, 1.807) is 0 Å². The highest BCUT2D eigenvalue weighted by molar-refractivity contribution is 6.26. The SMILES string of the molecule is CCc1cccc2c1NC(=O)[C@@]21[C@@H]2C(=O)N(c3ccc(C)c(C)c3)C(=O)[C@@H]2[C@@H]2CCCN21. The largest absolute Gasteiger partial charge is 0.324 e. The molecule has 4 heterocycles. The number of nitrogens with zero attached hydrogens (tertiary/aromatic N) is 2. The van der Waals surface area contributed by atoms with E-state index in [2.05, 4.69) is 17.1 Å². The van der Waals surface area contributed by atoms with Crippen molar-refractivity contribution in [2.45, 2.75) is 51.6 Å². The summed E-state index contributed by atoms with van der Waals surface area (Å²) in [5, 5.41) is 3.12. The lowest BCUT2D eigenvalue weighted by atomic mass is 9.75. The average molecular weight is 430 g/mol. The van der Waals surface area contributed by atoms with Crippen LogP contribution in [0.4, 0.5) is 11.4 Å². The summed E-state index contributed by atoms with van der Waals surface area (Å²) in [6.07, 6.45) is 2.55. The number of hydrogen-bond donors (Lipinski definition) is 1. The van der Waals surface area contributed by atoms with Crippen molar-refractivity contribution in [1.29, 1.82) is 0 Å². The first-order valence-electron chi connectivity index (χ1n) is 11.6. The summed E-state index contributed by atoms with van der Waals surface area (Å²) < 4.78 is 0. The molecule has 6 rings (SSSR count). The standard InChI is InChI=1S/C26H27N3O3/c1-4-16-7-5-8-18-22(16)27-25(32)26(18)21-20(19-9-6-12-28(19)26)23(30)29(24(21)31)17-11-10-14(2)15(3)13-17/h5,7-8,10-11,13,19-21H,4,6,9,12H2,1-3H3,(H,27,32)/t19-,20+,21-,26-/m0/s1. The Labute approximate surface area is 187 Å². The maximum Gasteiger partial charge on any atom is 0.250 e. The van der Waals surface area contributed by atoms with Gasteiger partial charge in [0.2, 0.25) is 17.7 Å². The Balaban J connectivity index is 1.55. The first-order valence-corrected chi connectivity index (χ1v) is 11.6. The van der Waals surface area contributed by atoms with Gasteiger partial charge in [0.1, 0.15) is 5.54 Å². The van der Waals surface area contributed by atoms with Crippen LogP contribution in [0.15, 0.2) is 36.4 Å². The van der Waals surface area contributed by atoms with Gasteiger partial charge in [-0.1, -0.05) is 31.2 Å². The summed E-state index contributed by atoms with van der Waals surface area (Å²) in [6, 6.07) is 11.6. The summed E-state index contributed by atoms with van der Waals surface area (Å²) in [5.41, 5.74) is 4.41. The zero-order valence-electron chi connectivity index (χ0n) is 18.6. The first-order chi connectivity index (χ1) is 15.4. The normalized spacial score (nSPS) is 30.8. The number of hydrogen-bond acceptors (Lipinski definition) is 4. The van der Waals surface area contributed by atoms with Gasteiger partial charge in [-0.3, -0.25) is 19.3 Å². The Hall–Kier alpha value is -2.99. The summed E-state index contributed by atoms with van der Waals surface area (Å²) in [6.45, 7) is 6.79. The molecule has 0 saturated carbocycles. The maximum absolute atomic E-state index is 14.0. The van der Waals surface area contributed by atoms with Gasteiger partial charge in [0.15, 0.2) is 0 Å². The molecule has 4 aliphatic rings. The van der Waals surface area contributed by atoms with E-state index in [0.717, 1.165) is 53.7 Å².